The van der Waals surface area contributed by atoms with Gasteiger partial charge in [-0.1, -0.05) is 25.5 Å². The van der Waals surface area contributed by atoms with Crippen LogP contribution in [-0.2, 0) is 9.53 Å². The molecule has 1 aromatic rings. The van der Waals surface area contributed by atoms with E-state index in [1.54, 1.807) is 39.0 Å². The molecule has 0 aliphatic heterocycles. The van der Waals surface area contributed by atoms with E-state index in [-0.39, 0.29) is 23.0 Å². The number of carbonyl (C=O) groups is 2. The lowest BCUT2D eigenvalue weighted by atomic mass is 9.66. The number of hydrogen-bond donors (Lipinski definition) is 2. The molecule has 1 unspecified atom stereocenters. The fourth-order valence-corrected chi connectivity index (χ4v) is 3.83. The van der Waals surface area contributed by atoms with E-state index in [4.69, 9.17) is 4.74 Å². The summed E-state index contributed by atoms with van der Waals surface area (Å²) in [6, 6.07) is 3.32. The third-order valence-corrected chi connectivity index (χ3v) is 5.80. The predicted octanol–water partition coefficient (Wildman–Crippen LogP) is 4.73. The second-order valence-corrected chi connectivity index (χ2v) is 7.88. The van der Waals surface area contributed by atoms with Gasteiger partial charge in [0.15, 0.2) is 5.78 Å². The quantitative estimate of drug-likeness (QED) is 0.567. The number of allylic oxidation sites excluding steroid dienone is 3. The highest BCUT2D eigenvalue weighted by molar-refractivity contribution is 6.05. The number of phenols is 1. The zero-order valence-electron chi connectivity index (χ0n) is 17.5. The standard InChI is InChI=1S/C23H28O5/c1-12-10-16(11-13(2)20(12)25)18(24)9-8-17-21(28-7)14(3)19(22(26)27)15(4)23(17,5)6/h8-11,17,25H,1-7H3,(H,26,27). The summed E-state index contributed by atoms with van der Waals surface area (Å²) < 4.78 is 5.56. The monoisotopic (exact) mass is 384 g/mol. The molecule has 0 spiro atoms. The molecule has 5 nitrogen and oxygen atoms in total. The van der Waals surface area contributed by atoms with Crippen LogP contribution in [0.3, 0.4) is 0 Å². The van der Waals surface area contributed by atoms with Crippen LogP contribution in [0.4, 0.5) is 0 Å². The van der Waals surface area contributed by atoms with Crippen molar-refractivity contribution in [3.63, 3.8) is 0 Å². The molecule has 0 heterocycles. The van der Waals surface area contributed by atoms with E-state index in [1.165, 1.54) is 13.2 Å². The molecule has 0 amide bonds. The lowest BCUT2D eigenvalue weighted by Gasteiger charge is -2.40. The molecule has 150 valence electrons. The fraction of sp³-hybridized carbons (Fsp3) is 0.391. The van der Waals surface area contributed by atoms with Gasteiger partial charge in [0.1, 0.15) is 11.5 Å². The summed E-state index contributed by atoms with van der Waals surface area (Å²) in [4.78, 5) is 24.4. The minimum atomic E-state index is -0.980. The Kier molecular flexibility index (Phi) is 5.88. The molecule has 28 heavy (non-hydrogen) atoms. The van der Waals surface area contributed by atoms with Gasteiger partial charge in [-0.3, -0.25) is 4.79 Å². The largest absolute Gasteiger partial charge is 0.507 e. The van der Waals surface area contributed by atoms with Crippen LogP contribution in [0, 0.1) is 25.2 Å². The fourth-order valence-electron chi connectivity index (χ4n) is 3.83. The number of aryl methyl sites for hydroxylation is 2. The van der Waals surface area contributed by atoms with Gasteiger partial charge < -0.3 is 14.9 Å². The van der Waals surface area contributed by atoms with E-state index in [0.29, 0.717) is 28.0 Å². The van der Waals surface area contributed by atoms with Crippen molar-refractivity contribution in [2.24, 2.45) is 11.3 Å². The summed E-state index contributed by atoms with van der Waals surface area (Å²) in [6.45, 7) is 11.0. The third kappa shape index (κ3) is 3.61. The Labute approximate surface area is 166 Å². The van der Waals surface area contributed by atoms with Crippen molar-refractivity contribution >= 4 is 11.8 Å². The molecule has 1 atom stereocenters. The van der Waals surface area contributed by atoms with Crippen molar-refractivity contribution in [2.45, 2.75) is 41.5 Å². The smallest absolute Gasteiger partial charge is 0.336 e. The van der Waals surface area contributed by atoms with Crippen LogP contribution in [0.1, 0.15) is 49.2 Å². The number of ether oxygens (including phenoxy) is 1. The summed E-state index contributed by atoms with van der Waals surface area (Å²) in [5.74, 6) is -0.693. The van der Waals surface area contributed by atoms with Crippen LogP contribution >= 0.6 is 0 Å². The summed E-state index contributed by atoms with van der Waals surface area (Å²) in [7, 11) is 1.52. The molecule has 1 aliphatic carbocycles. The van der Waals surface area contributed by atoms with Crippen LogP contribution in [0.25, 0.3) is 0 Å². The Bertz CT molecular complexity index is 905. The van der Waals surface area contributed by atoms with Gasteiger partial charge in [-0.15, -0.1) is 0 Å². The number of aromatic hydroxyl groups is 1. The maximum absolute atomic E-state index is 12.7. The van der Waals surface area contributed by atoms with Crippen LogP contribution in [0.15, 0.2) is 46.8 Å². The molecule has 2 N–H and O–H groups in total. The number of aliphatic carboxylic acids is 1. The van der Waals surface area contributed by atoms with Gasteiger partial charge in [0.2, 0.25) is 0 Å². The van der Waals surface area contributed by atoms with Gasteiger partial charge in [0.25, 0.3) is 0 Å². The molecule has 1 aromatic carbocycles. The van der Waals surface area contributed by atoms with E-state index < -0.39 is 11.4 Å². The zero-order chi connectivity index (χ0) is 21.4. The minimum absolute atomic E-state index is 0.180. The summed E-state index contributed by atoms with van der Waals surface area (Å²) in [6.07, 6.45) is 3.29. The Hall–Kier alpha value is -2.82. The first kappa shape index (κ1) is 21.5. The van der Waals surface area contributed by atoms with Crippen LogP contribution < -0.4 is 0 Å². The number of rotatable bonds is 5. The topological polar surface area (TPSA) is 83.8 Å². The third-order valence-electron chi connectivity index (χ3n) is 5.80. The summed E-state index contributed by atoms with van der Waals surface area (Å²) >= 11 is 0. The lowest BCUT2D eigenvalue weighted by molar-refractivity contribution is -0.132. The number of ketones is 1. The van der Waals surface area contributed by atoms with E-state index in [9.17, 15) is 19.8 Å². The number of phenolic OH excluding ortho intramolecular Hbond substituents is 1. The van der Waals surface area contributed by atoms with Gasteiger partial charge in [0.05, 0.1) is 12.7 Å². The van der Waals surface area contributed by atoms with Gasteiger partial charge in [-0.25, -0.2) is 4.79 Å². The second kappa shape index (κ2) is 7.66. The molecule has 5 heteroatoms. The molecule has 0 radical (unpaired) electrons. The molecule has 0 aromatic heterocycles. The number of methoxy groups -OCH3 is 1. The number of carboxylic acids is 1. The minimum Gasteiger partial charge on any atom is -0.507 e. The first-order valence-corrected chi connectivity index (χ1v) is 9.16. The van der Waals surface area contributed by atoms with Crippen molar-refractivity contribution in [3.05, 3.63) is 63.5 Å². The average Bonchev–Trinajstić information content (AvgIpc) is 2.60. The molecular weight excluding hydrogens is 356 g/mol. The predicted molar refractivity (Wildman–Crippen MR) is 108 cm³/mol. The van der Waals surface area contributed by atoms with E-state index >= 15 is 0 Å². The molecule has 0 bridgehead atoms. The van der Waals surface area contributed by atoms with Crippen LogP contribution in [0.2, 0.25) is 0 Å². The molecule has 0 saturated carbocycles. The first-order chi connectivity index (χ1) is 12.9. The second-order valence-electron chi connectivity index (χ2n) is 7.88. The van der Waals surface area contributed by atoms with E-state index in [1.807, 2.05) is 20.8 Å². The normalized spacial score (nSPS) is 19.3. The molecule has 0 saturated heterocycles. The highest BCUT2D eigenvalue weighted by Gasteiger charge is 2.41. The number of benzene rings is 1. The lowest BCUT2D eigenvalue weighted by Crippen LogP contribution is -2.33. The Morgan fingerprint density at radius 3 is 2.11 bits per heavy atom. The SMILES string of the molecule is COC1=C(C)C(C(=O)O)=C(C)C(C)(C)C1C=CC(=O)c1cc(C)c(O)c(C)c1. The van der Waals surface area contributed by atoms with Crippen molar-refractivity contribution < 1.29 is 24.5 Å². The molecule has 1 aliphatic rings. The first-order valence-electron chi connectivity index (χ1n) is 9.16. The molecule has 0 fully saturated rings. The van der Waals surface area contributed by atoms with Crippen molar-refractivity contribution in [2.75, 3.05) is 7.11 Å². The van der Waals surface area contributed by atoms with Crippen molar-refractivity contribution in [3.8, 4) is 5.75 Å². The maximum Gasteiger partial charge on any atom is 0.336 e. The average molecular weight is 384 g/mol. The molecular formula is C23H28O5. The highest BCUT2D eigenvalue weighted by Crippen LogP contribution is 2.48. The van der Waals surface area contributed by atoms with Crippen LogP contribution in [0.5, 0.6) is 5.75 Å². The van der Waals surface area contributed by atoms with Gasteiger partial charge >= 0.3 is 5.97 Å². The zero-order valence-corrected chi connectivity index (χ0v) is 17.5. The van der Waals surface area contributed by atoms with Crippen LogP contribution in [-0.4, -0.2) is 29.1 Å². The Morgan fingerprint density at radius 1 is 1.11 bits per heavy atom. The summed E-state index contributed by atoms with van der Waals surface area (Å²) in [5.41, 5.74) is 2.84. The maximum atomic E-state index is 12.7. The summed E-state index contributed by atoms with van der Waals surface area (Å²) in [5, 5.41) is 19.5. The van der Waals surface area contributed by atoms with E-state index in [0.717, 1.165) is 5.57 Å². The van der Waals surface area contributed by atoms with Crippen molar-refractivity contribution in [1.29, 1.82) is 0 Å². The highest BCUT2D eigenvalue weighted by atomic mass is 16.5. The number of carbonyl (C=O) groups excluding carboxylic acids is 1. The van der Waals surface area contributed by atoms with Crippen molar-refractivity contribution in [1.82, 2.24) is 0 Å². The van der Waals surface area contributed by atoms with Gasteiger partial charge in [0, 0.05) is 17.1 Å². The van der Waals surface area contributed by atoms with Gasteiger partial charge in [-0.05, 0) is 62.4 Å². The molecule has 2 rings (SSSR count). The van der Waals surface area contributed by atoms with Gasteiger partial charge in [-0.2, -0.15) is 0 Å². The van der Waals surface area contributed by atoms with E-state index in [2.05, 4.69) is 0 Å². The Balaban J connectivity index is 2.47. The number of carboxylic acid groups (broad SMARTS) is 1. The number of hydrogen-bond acceptors (Lipinski definition) is 4. The Morgan fingerprint density at radius 2 is 1.64 bits per heavy atom.